The zero-order chi connectivity index (χ0) is 11.3. The van der Waals surface area contributed by atoms with Crippen molar-refractivity contribution in [1.29, 1.82) is 0 Å². The molecule has 0 saturated heterocycles. The summed E-state index contributed by atoms with van der Waals surface area (Å²) in [5, 5.41) is 0. The van der Waals surface area contributed by atoms with Crippen molar-refractivity contribution in [3.05, 3.63) is 23.8 Å². The Morgan fingerprint density at radius 1 is 1.33 bits per heavy atom. The molecule has 82 valence electrons. The molecule has 0 aromatic carbocycles. The third-order valence-corrected chi connectivity index (χ3v) is 4.28. The number of carbonyl (C=O) groups is 1. The summed E-state index contributed by atoms with van der Waals surface area (Å²) in [5.41, 5.74) is 0.938. The Morgan fingerprint density at radius 2 is 2.00 bits per heavy atom. The van der Waals surface area contributed by atoms with Crippen LogP contribution < -0.4 is 0 Å². The second-order valence-electron chi connectivity index (χ2n) is 5.88. The van der Waals surface area contributed by atoms with Gasteiger partial charge in [0.05, 0.1) is 5.41 Å². The number of ketones is 1. The molecule has 2 atom stereocenters. The Bertz CT molecular complexity index is 360. The van der Waals surface area contributed by atoms with Crippen LogP contribution in [0.3, 0.4) is 0 Å². The van der Waals surface area contributed by atoms with Crippen molar-refractivity contribution in [2.24, 2.45) is 16.7 Å². The lowest BCUT2D eigenvalue weighted by Gasteiger charge is -2.48. The van der Waals surface area contributed by atoms with Crippen molar-refractivity contribution < 1.29 is 4.79 Å². The van der Waals surface area contributed by atoms with Crippen LogP contribution in [-0.2, 0) is 4.79 Å². The molecular weight excluding hydrogens is 184 g/mol. The van der Waals surface area contributed by atoms with Crippen LogP contribution in [0.15, 0.2) is 23.8 Å². The average Bonchev–Trinajstić information content (AvgIpc) is 2.12. The van der Waals surface area contributed by atoms with Gasteiger partial charge in [-0.25, -0.2) is 0 Å². The zero-order valence-electron chi connectivity index (χ0n) is 10.1. The first-order valence-corrected chi connectivity index (χ1v) is 5.77. The summed E-state index contributed by atoms with van der Waals surface area (Å²) in [6.07, 6.45) is 8.59. The first-order valence-electron chi connectivity index (χ1n) is 5.77. The number of hydrogen-bond acceptors (Lipinski definition) is 1. The maximum atomic E-state index is 12.2. The molecule has 1 nitrogen and oxygen atoms in total. The Labute approximate surface area is 92.3 Å². The normalized spacial score (nSPS) is 38.5. The van der Waals surface area contributed by atoms with Crippen molar-refractivity contribution in [3.8, 4) is 0 Å². The molecule has 0 aromatic heterocycles. The van der Waals surface area contributed by atoms with Crippen LogP contribution in [-0.4, -0.2) is 5.78 Å². The molecule has 2 unspecified atom stereocenters. The monoisotopic (exact) mass is 204 g/mol. The van der Waals surface area contributed by atoms with Crippen molar-refractivity contribution in [2.45, 2.75) is 40.5 Å². The molecule has 0 saturated carbocycles. The van der Waals surface area contributed by atoms with Crippen LogP contribution in [0, 0.1) is 16.7 Å². The van der Waals surface area contributed by atoms with E-state index in [9.17, 15) is 4.79 Å². The lowest BCUT2D eigenvalue weighted by Crippen LogP contribution is -2.46. The van der Waals surface area contributed by atoms with Crippen LogP contribution in [0.1, 0.15) is 40.5 Å². The smallest absolute Gasteiger partial charge is 0.168 e. The van der Waals surface area contributed by atoms with E-state index in [2.05, 4.69) is 39.0 Å². The van der Waals surface area contributed by atoms with Gasteiger partial charge in [0.25, 0.3) is 0 Å². The van der Waals surface area contributed by atoms with E-state index in [1.807, 2.05) is 6.92 Å². The quantitative estimate of drug-likeness (QED) is 0.552. The molecular formula is C14H20O. The van der Waals surface area contributed by atoms with E-state index in [1.165, 1.54) is 0 Å². The van der Waals surface area contributed by atoms with Gasteiger partial charge in [-0.2, -0.15) is 0 Å². The molecule has 2 aliphatic carbocycles. The highest BCUT2D eigenvalue weighted by Crippen LogP contribution is 2.52. The van der Waals surface area contributed by atoms with Gasteiger partial charge in [0.15, 0.2) is 5.78 Å². The van der Waals surface area contributed by atoms with Gasteiger partial charge in [0.2, 0.25) is 0 Å². The zero-order valence-corrected chi connectivity index (χ0v) is 10.1. The highest BCUT2D eigenvalue weighted by Gasteiger charge is 2.49. The summed E-state index contributed by atoms with van der Waals surface area (Å²) >= 11 is 0. The number of Topliss-reactive ketones (excluding diaryl/α,β-unsaturated/α-hetero) is 1. The van der Waals surface area contributed by atoms with Crippen molar-refractivity contribution >= 4 is 5.78 Å². The van der Waals surface area contributed by atoms with Gasteiger partial charge >= 0.3 is 0 Å². The van der Waals surface area contributed by atoms with Gasteiger partial charge in [-0.05, 0) is 43.6 Å². The maximum absolute atomic E-state index is 12.2. The summed E-state index contributed by atoms with van der Waals surface area (Å²) in [6.45, 7) is 8.61. The van der Waals surface area contributed by atoms with E-state index >= 15 is 0 Å². The highest BCUT2D eigenvalue weighted by atomic mass is 16.1. The summed E-state index contributed by atoms with van der Waals surface area (Å²) in [7, 11) is 0. The van der Waals surface area contributed by atoms with Crippen molar-refractivity contribution in [1.82, 2.24) is 0 Å². The summed E-state index contributed by atoms with van der Waals surface area (Å²) in [5.74, 6) is 0.786. The fraction of sp³-hybridized carbons (Fsp3) is 0.643. The highest BCUT2D eigenvalue weighted by molar-refractivity contribution is 6.01. The van der Waals surface area contributed by atoms with E-state index in [1.54, 1.807) is 0 Å². The lowest BCUT2D eigenvalue weighted by molar-refractivity contribution is -0.128. The van der Waals surface area contributed by atoms with Crippen LogP contribution in [0.2, 0.25) is 0 Å². The largest absolute Gasteiger partial charge is 0.294 e. The van der Waals surface area contributed by atoms with E-state index in [-0.39, 0.29) is 10.8 Å². The molecule has 2 rings (SSSR count). The lowest BCUT2D eigenvalue weighted by atomic mass is 9.54. The number of hydrogen-bond donors (Lipinski definition) is 0. The molecule has 0 aromatic rings. The van der Waals surface area contributed by atoms with Crippen LogP contribution in [0.4, 0.5) is 0 Å². The molecule has 0 amide bonds. The molecule has 0 fully saturated rings. The minimum Gasteiger partial charge on any atom is -0.294 e. The molecule has 15 heavy (non-hydrogen) atoms. The molecule has 0 heterocycles. The number of fused-ring (bicyclic) bond motifs is 1. The molecule has 0 spiro atoms. The Kier molecular flexibility index (Phi) is 2.18. The third-order valence-electron chi connectivity index (χ3n) is 4.28. The first-order chi connectivity index (χ1) is 6.88. The van der Waals surface area contributed by atoms with E-state index in [4.69, 9.17) is 0 Å². The van der Waals surface area contributed by atoms with Crippen molar-refractivity contribution in [3.63, 3.8) is 0 Å². The van der Waals surface area contributed by atoms with Crippen LogP contribution in [0.5, 0.6) is 0 Å². The summed E-state index contributed by atoms with van der Waals surface area (Å²) in [4.78, 5) is 12.2. The minimum atomic E-state index is -0.249. The second kappa shape index (κ2) is 3.07. The molecule has 0 radical (unpaired) electrons. The number of carbonyl (C=O) groups excluding carboxylic acids is 1. The molecule has 0 bridgehead atoms. The molecule has 2 aliphatic rings. The van der Waals surface area contributed by atoms with E-state index in [0.29, 0.717) is 11.7 Å². The van der Waals surface area contributed by atoms with Gasteiger partial charge in [-0.1, -0.05) is 32.1 Å². The standard InChI is InChI=1S/C14H20O/c1-10-6-7-11-13(2,3)8-5-9-14(11,4)12(10)15/h5-6,9,11H,7-8H2,1-4H3. The number of rotatable bonds is 0. The predicted octanol–water partition coefficient (Wildman–Crippen LogP) is 3.51. The van der Waals surface area contributed by atoms with Gasteiger partial charge in [-0.3, -0.25) is 4.79 Å². The van der Waals surface area contributed by atoms with Gasteiger partial charge in [0.1, 0.15) is 0 Å². The number of allylic oxidation sites excluding steroid dienone is 4. The van der Waals surface area contributed by atoms with Crippen LogP contribution in [0.25, 0.3) is 0 Å². The fourth-order valence-corrected chi connectivity index (χ4v) is 3.29. The Balaban J connectivity index is 2.50. The van der Waals surface area contributed by atoms with Gasteiger partial charge in [-0.15, -0.1) is 0 Å². The Morgan fingerprint density at radius 3 is 2.67 bits per heavy atom. The summed E-state index contributed by atoms with van der Waals surface area (Å²) in [6, 6.07) is 0. The molecule has 1 heteroatoms. The van der Waals surface area contributed by atoms with Gasteiger partial charge < -0.3 is 0 Å². The maximum Gasteiger partial charge on any atom is 0.168 e. The van der Waals surface area contributed by atoms with Crippen molar-refractivity contribution in [2.75, 3.05) is 0 Å². The third kappa shape index (κ3) is 1.40. The van der Waals surface area contributed by atoms with E-state index < -0.39 is 0 Å². The van der Waals surface area contributed by atoms with E-state index in [0.717, 1.165) is 18.4 Å². The predicted molar refractivity (Wildman–Crippen MR) is 62.5 cm³/mol. The fourth-order valence-electron chi connectivity index (χ4n) is 3.29. The average molecular weight is 204 g/mol. The van der Waals surface area contributed by atoms with Gasteiger partial charge in [0, 0.05) is 0 Å². The molecule has 0 aliphatic heterocycles. The second-order valence-corrected chi connectivity index (χ2v) is 5.88. The van der Waals surface area contributed by atoms with Crippen LogP contribution >= 0.6 is 0 Å². The first kappa shape index (κ1) is 10.7. The topological polar surface area (TPSA) is 17.1 Å². The molecule has 0 N–H and O–H groups in total. The minimum absolute atomic E-state index is 0.246. The SMILES string of the molecule is CC1=CCC2C(C)(C)CC=CC2(C)C1=O. The Hall–Kier alpha value is -0.850. The summed E-state index contributed by atoms with van der Waals surface area (Å²) < 4.78 is 0.